The molecule has 2 heterocycles. The molecule has 2 aromatic carbocycles. The van der Waals surface area contributed by atoms with Crippen LogP contribution in [0.2, 0.25) is 0 Å². The van der Waals surface area contributed by atoms with E-state index in [1.165, 1.54) is 11.1 Å². The van der Waals surface area contributed by atoms with Crippen LogP contribution in [0.3, 0.4) is 0 Å². The lowest BCUT2D eigenvalue weighted by atomic mass is 10.1. The first kappa shape index (κ1) is 20.2. The van der Waals surface area contributed by atoms with E-state index in [-0.39, 0.29) is 18.0 Å². The zero-order chi connectivity index (χ0) is 20.8. The Labute approximate surface area is 177 Å². The molecule has 1 amide bonds. The third-order valence-electron chi connectivity index (χ3n) is 5.76. The van der Waals surface area contributed by atoms with Gasteiger partial charge >= 0.3 is 0 Å². The highest BCUT2D eigenvalue weighted by Crippen LogP contribution is 2.27. The number of hydrogen-bond acceptors (Lipinski definition) is 5. The van der Waals surface area contributed by atoms with E-state index in [2.05, 4.69) is 81.2 Å². The van der Waals surface area contributed by atoms with Gasteiger partial charge in [0.2, 0.25) is 5.91 Å². The highest BCUT2D eigenvalue weighted by atomic mass is 16.2. The third kappa shape index (κ3) is 5.10. The van der Waals surface area contributed by atoms with Crippen molar-refractivity contribution < 1.29 is 4.79 Å². The Morgan fingerprint density at radius 3 is 2.63 bits per heavy atom. The second-order valence-electron chi connectivity index (χ2n) is 7.98. The van der Waals surface area contributed by atoms with Gasteiger partial charge < -0.3 is 5.32 Å². The molecule has 0 spiro atoms. The lowest BCUT2D eigenvalue weighted by Gasteiger charge is -2.23. The number of aromatic nitrogens is 4. The highest BCUT2D eigenvalue weighted by Gasteiger charge is 2.37. The fourth-order valence-corrected chi connectivity index (χ4v) is 4.07. The van der Waals surface area contributed by atoms with E-state index >= 15 is 0 Å². The van der Waals surface area contributed by atoms with Crippen LogP contribution in [0.1, 0.15) is 35.6 Å². The molecule has 4 rings (SSSR count). The molecule has 1 aliphatic rings. The minimum atomic E-state index is -0.166. The summed E-state index contributed by atoms with van der Waals surface area (Å²) in [6.45, 7) is 4.26. The molecule has 0 unspecified atom stereocenters. The summed E-state index contributed by atoms with van der Waals surface area (Å²) >= 11 is 0. The van der Waals surface area contributed by atoms with Gasteiger partial charge in [-0.15, -0.1) is 5.10 Å². The predicted molar refractivity (Wildman–Crippen MR) is 115 cm³/mol. The van der Waals surface area contributed by atoms with Gasteiger partial charge in [0.15, 0.2) is 0 Å². The summed E-state index contributed by atoms with van der Waals surface area (Å²) in [6, 6.07) is 18.7. The number of likely N-dealkylation sites (tertiary alicyclic amines) is 1. The molecule has 0 radical (unpaired) electrons. The Morgan fingerprint density at radius 2 is 1.90 bits per heavy atom. The molecule has 1 aromatic heterocycles. The van der Waals surface area contributed by atoms with E-state index in [9.17, 15) is 4.79 Å². The number of aryl methyl sites for hydroxylation is 2. The summed E-state index contributed by atoms with van der Waals surface area (Å²) in [7, 11) is 0. The summed E-state index contributed by atoms with van der Waals surface area (Å²) < 4.78 is 1.78. The summed E-state index contributed by atoms with van der Waals surface area (Å²) in [5.74, 6) is 0.0749. The van der Waals surface area contributed by atoms with Crippen LogP contribution >= 0.6 is 0 Å². The van der Waals surface area contributed by atoms with E-state index in [1.54, 1.807) is 11.0 Å². The van der Waals surface area contributed by atoms with Gasteiger partial charge in [-0.05, 0) is 54.3 Å². The molecule has 0 aliphatic carbocycles. The first-order valence-electron chi connectivity index (χ1n) is 10.5. The van der Waals surface area contributed by atoms with Crippen LogP contribution in [0, 0.1) is 6.92 Å². The van der Waals surface area contributed by atoms with Crippen molar-refractivity contribution in [3.05, 3.63) is 77.6 Å². The number of amides is 1. The van der Waals surface area contributed by atoms with Gasteiger partial charge in [0.25, 0.3) is 0 Å². The molecule has 1 fully saturated rings. The van der Waals surface area contributed by atoms with E-state index in [0.29, 0.717) is 6.54 Å². The van der Waals surface area contributed by atoms with Crippen LogP contribution in [0.5, 0.6) is 0 Å². The van der Waals surface area contributed by atoms with Crippen molar-refractivity contribution in [1.82, 2.24) is 30.4 Å². The molecule has 1 aliphatic heterocycles. The number of nitrogens with one attached hydrogen (secondary N) is 1. The van der Waals surface area contributed by atoms with Crippen LogP contribution in [-0.4, -0.2) is 50.1 Å². The molecule has 1 saturated heterocycles. The Hall–Kier alpha value is -3.06. The maximum atomic E-state index is 13.0. The summed E-state index contributed by atoms with van der Waals surface area (Å²) in [6.07, 6.45) is 4.37. The number of hydrogen-bond donors (Lipinski definition) is 1. The molecule has 0 bridgehead atoms. The minimum Gasteiger partial charge on any atom is -0.351 e. The fourth-order valence-electron chi connectivity index (χ4n) is 4.07. The first-order valence-corrected chi connectivity index (χ1v) is 10.5. The number of carbonyl (C=O) groups excluding carboxylic acids is 1. The van der Waals surface area contributed by atoms with E-state index in [0.717, 1.165) is 37.9 Å². The highest BCUT2D eigenvalue weighted by molar-refractivity contribution is 5.82. The second kappa shape index (κ2) is 9.63. The summed E-state index contributed by atoms with van der Waals surface area (Å²) in [4.78, 5) is 15.3. The molecule has 7 nitrogen and oxygen atoms in total. The van der Waals surface area contributed by atoms with Gasteiger partial charge in [-0.2, -0.15) is 0 Å². The molecule has 0 saturated carbocycles. The minimum absolute atomic E-state index is 0.0749. The van der Waals surface area contributed by atoms with Crippen molar-refractivity contribution in [3.8, 4) is 0 Å². The Morgan fingerprint density at radius 1 is 1.10 bits per heavy atom. The van der Waals surface area contributed by atoms with Crippen molar-refractivity contribution in [3.63, 3.8) is 0 Å². The largest absolute Gasteiger partial charge is 0.351 e. The van der Waals surface area contributed by atoms with Gasteiger partial charge in [-0.3, -0.25) is 9.69 Å². The lowest BCUT2D eigenvalue weighted by Crippen LogP contribution is -2.43. The number of nitrogens with zero attached hydrogens (tertiary/aromatic N) is 5. The molecule has 3 aromatic rings. The summed E-state index contributed by atoms with van der Waals surface area (Å²) in [5.41, 5.74) is 3.66. The number of carbonyl (C=O) groups is 1. The fraction of sp³-hybridized carbons (Fsp3) is 0.391. The zero-order valence-corrected chi connectivity index (χ0v) is 17.3. The van der Waals surface area contributed by atoms with Crippen molar-refractivity contribution in [2.75, 3.05) is 13.1 Å². The monoisotopic (exact) mass is 404 g/mol. The topological polar surface area (TPSA) is 75.9 Å². The van der Waals surface area contributed by atoms with Gasteiger partial charge in [-0.25, -0.2) is 4.68 Å². The molecule has 30 heavy (non-hydrogen) atoms. The van der Waals surface area contributed by atoms with Gasteiger partial charge in [0.1, 0.15) is 6.33 Å². The van der Waals surface area contributed by atoms with Crippen molar-refractivity contribution in [2.45, 2.75) is 44.8 Å². The smallest absolute Gasteiger partial charge is 0.237 e. The van der Waals surface area contributed by atoms with Gasteiger partial charge in [0, 0.05) is 13.1 Å². The Kier molecular flexibility index (Phi) is 6.49. The molecule has 7 heteroatoms. The van der Waals surface area contributed by atoms with E-state index in [1.807, 2.05) is 6.07 Å². The maximum Gasteiger partial charge on any atom is 0.237 e. The van der Waals surface area contributed by atoms with Crippen LogP contribution in [-0.2, 0) is 17.8 Å². The average molecular weight is 405 g/mol. The molecule has 1 N–H and O–H groups in total. The molecular formula is C23H28N6O. The normalized spacial score (nSPS) is 19.1. The van der Waals surface area contributed by atoms with Gasteiger partial charge in [-0.1, -0.05) is 60.2 Å². The average Bonchev–Trinajstić information content (AvgIpc) is 3.44. The van der Waals surface area contributed by atoms with Crippen LogP contribution in [0.4, 0.5) is 0 Å². The van der Waals surface area contributed by atoms with Crippen molar-refractivity contribution in [1.29, 1.82) is 0 Å². The van der Waals surface area contributed by atoms with E-state index in [4.69, 9.17) is 0 Å². The SMILES string of the molecule is Cc1ccc(CNC(=O)[C@@H]2C[C@@H](n3cnnn3)CN2CCCc2ccccc2)cc1. The third-order valence-corrected chi connectivity index (χ3v) is 5.76. The van der Waals surface area contributed by atoms with E-state index < -0.39 is 0 Å². The second-order valence-corrected chi connectivity index (χ2v) is 7.98. The quantitative estimate of drug-likeness (QED) is 0.624. The molecule has 156 valence electrons. The number of rotatable bonds is 8. The summed E-state index contributed by atoms with van der Waals surface area (Å²) in [5, 5.41) is 14.7. The lowest BCUT2D eigenvalue weighted by molar-refractivity contribution is -0.125. The Bertz CT molecular complexity index is 926. The number of tetrazole rings is 1. The van der Waals surface area contributed by atoms with Crippen LogP contribution in [0.15, 0.2) is 60.9 Å². The van der Waals surface area contributed by atoms with Crippen LogP contribution < -0.4 is 5.32 Å². The Balaban J connectivity index is 1.37. The maximum absolute atomic E-state index is 13.0. The first-order chi connectivity index (χ1) is 14.7. The standard InChI is InChI=1S/C23H28N6O/c1-18-9-11-20(12-10-18)15-24-23(30)22-14-21(29-17-25-26-27-29)16-28(22)13-5-8-19-6-3-2-4-7-19/h2-4,6-7,9-12,17,21-22H,5,8,13-16H2,1H3,(H,24,30)/t21-,22+/m1/s1. The van der Waals surface area contributed by atoms with Crippen molar-refractivity contribution >= 4 is 5.91 Å². The number of benzene rings is 2. The van der Waals surface area contributed by atoms with Gasteiger partial charge in [0.05, 0.1) is 12.1 Å². The zero-order valence-electron chi connectivity index (χ0n) is 17.3. The van der Waals surface area contributed by atoms with Crippen LogP contribution in [0.25, 0.3) is 0 Å². The molecule has 2 atom stereocenters. The molecular weight excluding hydrogens is 376 g/mol. The predicted octanol–water partition coefficient (Wildman–Crippen LogP) is 2.55. The van der Waals surface area contributed by atoms with Crippen molar-refractivity contribution in [2.24, 2.45) is 0 Å².